The van der Waals surface area contributed by atoms with Crippen LogP contribution in [0.5, 0.6) is 0 Å². The molecule has 2 nitrogen and oxygen atoms in total. The number of aromatic amines is 1. The van der Waals surface area contributed by atoms with Crippen molar-refractivity contribution >= 4 is 33.1 Å². The first-order chi connectivity index (χ1) is 20.8. The third-order valence-electron chi connectivity index (χ3n) is 8.33. The largest absolute Gasteiger partial charge is 0.361 e. The van der Waals surface area contributed by atoms with Crippen molar-refractivity contribution in [2.24, 2.45) is 7.05 Å². The van der Waals surface area contributed by atoms with E-state index < -0.39 is 0 Å². The zero-order valence-electron chi connectivity index (χ0n) is 23.2. The molecule has 3 heterocycles. The molecule has 0 saturated carbocycles. The third-order valence-corrected chi connectivity index (χ3v) is 9.36. The van der Waals surface area contributed by atoms with Crippen molar-refractivity contribution in [1.82, 2.24) is 9.55 Å². The summed E-state index contributed by atoms with van der Waals surface area (Å²) in [5.41, 5.74) is 13.6. The van der Waals surface area contributed by atoms with Crippen molar-refractivity contribution in [1.29, 1.82) is 0 Å². The molecule has 0 unspecified atom stereocenters. The number of fused-ring (bicyclic) bond motifs is 3. The maximum absolute atomic E-state index is 3.52. The number of aromatic nitrogens is 2. The van der Waals surface area contributed by atoms with Crippen molar-refractivity contribution in [3.8, 4) is 55.1 Å². The SMILES string of the molecule is Cn1c2ccc(-c3[nH]ccc3-c3ccccc3)cc2c2cc(-c3scc(-c4ccccc4)c3-c3ccccc3)ccc21. The average molecular weight is 557 g/mol. The highest BCUT2D eigenvalue weighted by Crippen LogP contribution is 2.46. The van der Waals surface area contributed by atoms with Crippen LogP contribution in [0.15, 0.2) is 145 Å². The zero-order valence-corrected chi connectivity index (χ0v) is 24.0. The van der Waals surface area contributed by atoms with Crippen LogP contribution >= 0.6 is 11.3 Å². The van der Waals surface area contributed by atoms with Crippen LogP contribution in [0.25, 0.3) is 76.9 Å². The Morgan fingerprint density at radius 3 is 1.71 bits per heavy atom. The molecule has 0 radical (unpaired) electrons. The monoisotopic (exact) mass is 556 g/mol. The Kier molecular flexibility index (Phi) is 5.90. The van der Waals surface area contributed by atoms with Crippen molar-refractivity contribution in [2.45, 2.75) is 0 Å². The molecule has 0 spiro atoms. The predicted molar refractivity (Wildman–Crippen MR) is 180 cm³/mol. The minimum atomic E-state index is 1.15. The molecule has 8 aromatic rings. The third kappa shape index (κ3) is 4.01. The van der Waals surface area contributed by atoms with E-state index in [1.54, 1.807) is 0 Å². The highest BCUT2D eigenvalue weighted by Gasteiger charge is 2.19. The summed E-state index contributed by atoms with van der Waals surface area (Å²) in [7, 11) is 2.17. The molecule has 0 fully saturated rings. The Labute approximate surface area is 249 Å². The molecule has 0 bridgehead atoms. The molecule has 8 rings (SSSR count). The van der Waals surface area contributed by atoms with E-state index in [9.17, 15) is 0 Å². The summed E-state index contributed by atoms with van der Waals surface area (Å²) in [5.74, 6) is 0. The lowest BCUT2D eigenvalue weighted by Gasteiger charge is -2.10. The van der Waals surface area contributed by atoms with E-state index in [1.165, 1.54) is 71.2 Å². The smallest absolute Gasteiger partial charge is 0.0533 e. The molecular formula is C39H28N2S. The van der Waals surface area contributed by atoms with Gasteiger partial charge < -0.3 is 9.55 Å². The topological polar surface area (TPSA) is 20.7 Å². The van der Waals surface area contributed by atoms with Crippen LogP contribution in [0.4, 0.5) is 0 Å². The van der Waals surface area contributed by atoms with Gasteiger partial charge in [0.1, 0.15) is 0 Å². The summed E-state index contributed by atoms with van der Waals surface area (Å²) in [4.78, 5) is 4.81. The first-order valence-electron chi connectivity index (χ1n) is 14.2. The standard InChI is InChI=1S/C39H28N2S/c1-41-35-19-17-29(38-31(21-22-40-38)26-11-5-2-6-12-26)23-32(35)33-24-30(18-20-36(33)41)39-37(28-15-9-4-10-16-28)34(25-42-39)27-13-7-3-8-14-27/h2-25,40H,1H3. The van der Waals surface area contributed by atoms with Gasteiger partial charge in [-0.1, -0.05) is 103 Å². The minimum Gasteiger partial charge on any atom is -0.361 e. The number of aryl methyl sites for hydroxylation is 1. The van der Waals surface area contributed by atoms with Crippen LogP contribution < -0.4 is 0 Å². The first-order valence-corrected chi connectivity index (χ1v) is 15.1. The second kappa shape index (κ2) is 10.1. The van der Waals surface area contributed by atoms with Gasteiger partial charge in [-0.25, -0.2) is 0 Å². The molecule has 0 atom stereocenters. The molecule has 0 aliphatic rings. The van der Waals surface area contributed by atoms with Crippen LogP contribution in [0.2, 0.25) is 0 Å². The lowest BCUT2D eigenvalue weighted by molar-refractivity contribution is 1.01. The van der Waals surface area contributed by atoms with E-state index in [4.69, 9.17) is 0 Å². The number of hydrogen-bond acceptors (Lipinski definition) is 1. The van der Waals surface area contributed by atoms with Crippen LogP contribution in [0, 0.1) is 0 Å². The summed E-state index contributed by atoms with van der Waals surface area (Å²) in [6.45, 7) is 0. The van der Waals surface area contributed by atoms with Crippen LogP contribution in [-0.4, -0.2) is 9.55 Å². The molecule has 0 saturated heterocycles. The number of benzene rings is 5. The van der Waals surface area contributed by atoms with E-state index in [1.807, 2.05) is 17.5 Å². The first kappa shape index (κ1) is 24.7. The van der Waals surface area contributed by atoms with Crippen molar-refractivity contribution < 1.29 is 0 Å². The number of nitrogens with one attached hydrogen (secondary N) is 1. The number of thiophene rings is 1. The summed E-state index contributed by atoms with van der Waals surface area (Å²) in [6.07, 6.45) is 2.04. The summed E-state index contributed by atoms with van der Waals surface area (Å²) >= 11 is 1.83. The van der Waals surface area contributed by atoms with E-state index in [0.29, 0.717) is 0 Å². The van der Waals surface area contributed by atoms with Crippen molar-refractivity contribution in [3.63, 3.8) is 0 Å². The number of H-pyrrole nitrogens is 1. The second-order valence-electron chi connectivity index (χ2n) is 10.7. The molecular weight excluding hydrogens is 529 g/mol. The Morgan fingerprint density at radius 2 is 1.07 bits per heavy atom. The van der Waals surface area contributed by atoms with Gasteiger partial charge in [-0.2, -0.15) is 0 Å². The summed E-state index contributed by atoms with van der Waals surface area (Å²) in [6, 6.07) is 48.1. The van der Waals surface area contributed by atoms with Gasteiger partial charge in [-0.3, -0.25) is 0 Å². The number of rotatable bonds is 5. The van der Waals surface area contributed by atoms with Crippen molar-refractivity contribution in [2.75, 3.05) is 0 Å². The summed E-state index contributed by atoms with van der Waals surface area (Å²) in [5, 5.41) is 4.85. The quantitative estimate of drug-likeness (QED) is 0.218. The fraction of sp³-hybridized carbons (Fsp3) is 0.0256. The normalized spacial score (nSPS) is 11.5. The summed E-state index contributed by atoms with van der Waals surface area (Å²) < 4.78 is 2.31. The zero-order chi connectivity index (χ0) is 28.0. The van der Waals surface area contributed by atoms with E-state index in [0.717, 1.165) is 5.69 Å². The lowest BCUT2D eigenvalue weighted by Crippen LogP contribution is -1.87. The van der Waals surface area contributed by atoms with Gasteiger partial charge in [0.15, 0.2) is 0 Å². The van der Waals surface area contributed by atoms with Crippen LogP contribution in [0.1, 0.15) is 0 Å². The average Bonchev–Trinajstić information content (AvgIpc) is 3.79. The van der Waals surface area contributed by atoms with Gasteiger partial charge in [-0.15, -0.1) is 11.3 Å². The maximum atomic E-state index is 3.52. The van der Waals surface area contributed by atoms with Gasteiger partial charge in [0.2, 0.25) is 0 Å². The molecule has 5 aromatic carbocycles. The highest BCUT2D eigenvalue weighted by atomic mass is 32.1. The lowest BCUT2D eigenvalue weighted by atomic mass is 9.94. The molecule has 0 aliphatic carbocycles. The van der Waals surface area contributed by atoms with Crippen LogP contribution in [0.3, 0.4) is 0 Å². The molecule has 42 heavy (non-hydrogen) atoms. The molecule has 0 amide bonds. The van der Waals surface area contributed by atoms with E-state index in [2.05, 4.69) is 155 Å². The highest BCUT2D eigenvalue weighted by molar-refractivity contribution is 7.14. The maximum Gasteiger partial charge on any atom is 0.0533 e. The number of hydrogen-bond donors (Lipinski definition) is 1. The fourth-order valence-corrected chi connectivity index (χ4v) is 7.37. The van der Waals surface area contributed by atoms with E-state index >= 15 is 0 Å². The van der Waals surface area contributed by atoms with Gasteiger partial charge in [0.05, 0.1) is 5.69 Å². The number of nitrogens with zero attached hydrogens (tertiary/aromatic N) is 1. The van der Waals surface area contributed by atoms with Gasteiger partial charge in [0.25, 0.3) is 0 Å². The molecule has 3 aromatic heterocycles. The fourth-order valence-electron chi connectivity index (χ4n) is 6.27. The Balaban J connectivity index is 1.32. The van der Waals surface area contributed by atoms with Crippen LogP contribution in [-0.2, 0) is 7.05 Å². The minimum absolute atomic E-state index is 1.15. The Morgan fingerprint density at radius 1 is 0.524 bits per heavy atom. The Hall–Kier alpha value is -5.12. The van der Waals surface area contributed by atoms with Gasteiger partial charge in [-0.05, 0) is 63.5 Å². The van der Waals surface area contributed by atoms with Crippen molar-refractivity contribution in [3.05, 3.63) is 145 Å². The van der Waals surface area contributed by atoms with Gasteiger partial charge in [0, 0.05) is 56.6 Å². The molecule has 3 heteroatoms. The molecule has 200 valence electrons. The molecule has 0 aliphatic heterocycles. The predicted octanol–water partition coefficient (Wildman–Crippen LogP) is 11.1. The van der Waals surface area contributed by atoms with E-state index in [-0.39, 0.29) is 0 Å². The second-order valence-corrected chi connectivity index (χ2v) is 11.6. The molecule has 1 N–H and O–H groups in total. The van der Waals surface area contributed by atoms with Gasteiger partial charge >= 0.3 is 0 Å². The Bertz CT molecular complexity index is 2180.